The van der Waals surface area contributed by atoms with Crippen LogP contribution in [0.1, 0.15) is 22.8 Å². The van der Waals surface area contributed by atoms with E-state index in [9.17, 15) is 13.2 Å². The average Bonchev–Trinajstić information content (AvgIpc) is 2.28. The van der Waals surface area contributed by atoms with Crippen LogP contribution in [0.2, 0.25) is 0 Å². The fourth-order valence-corrected chi connectivity index (χ4v) is 2.37. The van der Waals surface area contributed by atoms with E-state index in [1.807, 2.05) is 0 Å². The monoisotopic (exact) mass is 319 g/mol. The Morgan fingerprint density at radius 2 is 2.00 bits per heavy atom. The van der Waals surface area contributed by atoms with Gasteiger partial charge < -0.3 is 0 Å². The molecule has 1 rings (SSSR count). The smallest absolute Gasteiger partial charge is 0.240 e. The first kappa shape index (κ1) is 14.3. The van der Waals surface area contributed by atoms with E-state index in [1.54, 1.807) is 19.9 Å². The minimum atomic E-state index is -3.51. The number of ketones is 1. The number of halogens is 1. The number of hydrogen-bond donors (Lipinski definition) is 1. The molecule has 0 amide bonds. The topological polar surface area (TPSA) is 63.2 Å². The lowest BCUT2D eigenvalue weighted by atomic mass is 10.0. The molecule has 1 N–H and O–H groups in total. The highest BCUT2D eigenvalue weighted by Crippen LogP contribution is 2.19. The maximum atomic E-state index is 11.9. The molecular formula is C11H14BrNO3S. The van der Waals surface area contributed by atoms with Gasteiger partial charge in [0.15, 0.2) is 5.78 Å². The molecule has 0 heterocycles. The van der Waals surface area contributed by atoms with Gasteiger partial charge in [0.1, 0.15) is 0 Å². The second kappa shape index (κ2) is 5.29. The van der Waals surface area contributed by atoms with Crippen molar-refractivity contribution in [2.75, 3.05) is 7.05 Å². The van der Waals surface area contributed by atoms with Crippen LogP contribution in [0, 0.1) is 6.92 Å². The molecule has 1 aromatic rings. The molecule has 0 aliphatic rings. The Bertz CT molecular complexity index is 538. The number of rotatable bonds is 4. The minimum Gasteiger partial charge on any atom is -0.293 e. The molecule has 0 saturated carbocycles. The Morgan fingerprint density at radius 1 is 1.41 bits per heavy atom. The van der Waals surface area contributed by atoms with Gasteiger partial charge in [0, 0.05) is 5.56 Å². The van der Waals surface area contributed by atoms with Crippen LogP contribution in [-0.4, -0.2) is 26.1 Å². The van der Waals surface area contributed by atoms with E-state index >= 15 is 0 Å². The van der Waals surface area contributed by atoms with Gasteiger partial charge in [-0.25, -0.2) is 13.1 Å². The van der Waals surface area contributed by atoms with E-state index in [0.29, 0.717) is 5.56 Å². The zero-order valence-electron chi connectivity index (χ0n) is 9.82. The molecule has 0 spiro atoms. The third kappa shape index (κ3) is 3.14. The molecule has 0 aromatic heterocycles. The number of hydrogen-bond acceptors (Lipinski definition) is 3. The third-order valence-electron chi connectivity index (χ3n) is 2.41. The molecule has 0 aliphatic heterocycles. The van der Waals surface area contributed by atoms with E-state index in [4.69, 9.17) is 0 Å². The Labute approximate surface area is 110 Å². The summed E-state index contributed by atoms with van der Waals surface area (Å²) in [6, 6.07) is 4.52. The van der Waals surface area contributed by atoms with Gasteiger partial charge in [-0.05, 0) is 38.6 Å². The first-order chi connectivity index (χ1) is 7.79. The lowest BCUT2D eigenvalue weighted by Gasteiger charge is -2.09. The molecule has 4 nitrogen and oxygen atoms in total. The lowest BCUT2D eigenvalue weighted by molar-refractivity contribution is 0.0995. The Morgan fingerprint density at radius 3 is 2.47 bits per heavy atom. The van der Waals surface area contributed by atoms with Crippen LogP contribution >= 0.6 is 15.9 Å². The van der Waals surface area contributed by atoms with Gasteiger partial charge in [0.25, 0.3) is 0 Å². The van der Waals surface area contributed by atoms with Gasteiger partial charge in [-0.1, -0.05) is 22.0 Å². The fourth-order valence-electron chi connectivity index (χ4n) is 1.37. The van der Waals surface area contributed by atoms with E-state index in [-0.39, 0.29) is 15.5 Å². The van der Waals surface area contributed by atoms with Crippen LogP contribution in [0.25, 0.3) is 0 Å². The molecule has 1 atom stereocenters. The molecule has 17 heavy (non-hydrogen) atoms. The van der Waals surface area contributed by atoms with E-state index in [2.05, 4.69) is 20.7 Å². The summed E-state index contributed by atoms with van der Waals surface area (Å²) >= 11 is 3.19. The van der Waals surface area contributed by atoms with Gasteiger partial charge in [-0.15, -0.1) is 0 Å². The van der Waals surface area contributed by atoms with Crippen molar-refractivity contribution in [1.82, 2.24) is 4.72 Å². The van der Waals surface area contributed by atoms with Gasteiger partial charge in [-0.2, -0.15) is 0 Å². The van der Waals surface area contributed by atoms with Crippen molar-refractivity contribution >= 4 is 31.7 Å². The van der Waals surface area contributed by atoms with Crippen LogP contribution in [-0.2, 0) is 10.0 Å². The number of aryl methyl sites for hydroxylation is 1. The largest absolute Gasteiger partial charge is 0.293 e. The SMILES string of the molecule is CNS(=O)(=O)c1ccc(C)c(C(=O)C(C)Br)c1. The van der Waals surface area contributed by atoms with Gasteiger partial charge in [-0.3, -0.25) is 4.79 Å². The maximum absolute atomic E-state index is 11.9. The number of carbonyl (C=O) groups is 1. The number of Topliss-reactive ketones (excluding diaryl/α,β-unsaturated/α-hetero) is 1. The van der Waals surface area contributed by atoms with Crippen LogP contribution in [0.15, 0.2) is 23.1 Å². The summed E-state index contributed by atoms with van der Waals surface area (Å²) in [7, 11) is -2.18. The summed E-state index contributed by atoms with van der Waals surface area (Å²) < 4.78 is 25.5. The number of benzene rings is 1. The molecule has 1 unspecified atom stereocenters. The number of carbonyl (C=O) groups excluding carboxylic acids is 1. The third-order valence-corrected chi connectivity index (χ3v) is 4.24. The minimum absolute atomic E-state index is 0.0992. The van der Waals surface area contributed by atoms with Crippen LogP contribution in [0.4, 0.5) is 0 Å². The summed E-state index contributed by atoms with van der Waals surface area (Å²) in [5.74, 6) is -0.129. The van der Waals surface area contributed by atoms with E-state index < -0.39 is 10.0 Å². The second-order valence-electron chi connectivity index (χ2n) is 3.66. The second-order valence-corrected chi connectivity index (χ2v) is 6.92. The summed E-state index contributed by atoms with van der Waals surface area (Å²) in [5.41, 5.74) is 1.18. The molecule has 0 fully saturated rings. The van der Waals surface area contributed by atoms with Crippen molar-refractivity contribution in [1.29, 1.82) is 0 Å². The summed E-state index contributed by atoms with van der Waals surface area (Å²) in [4.78, 5) is 11.6. The highest BCUT2D eigenvalue weighted by molar-refractivity contribution is 9.10. The van der Waals surface area contributed by atoms with Gasteiger partial charge in [0.2, 0.25) is 10.0 Å². The molecular weight excluding hydrogens is 306 g/mol. The molecule has 94 valence electrons. The molecule has 0 radical (unpaired) electrons. The molecule has 0 aliphatic carbocycles. The maximum Gasteiger partial charge on any atom is 0.240 e. The highest BCUT2D eigenvalue weighted by Gasteiger charge is 2.18. The summed E-state index contributed by atoms with van der Waals surface area (Å²) in [5, 5.41) is 0. The molecule has 0 saturated heterocycles. The number of alkyl halides is 1. The van der Waals surface area contributed by atoms with Crippen molar-refractivity contribution in [2.24, 2.45) is 0 Å². The van der Waals surface area contributed by atoms with Crippen LogP contribution in [0.3, 0.4) is 0 Å². The Hall–Kier alpha value is -0.720. The van der Waals surface area contributed by atoms with Crippen LogP contribution < -0.4 is 4.72 Å². The molecule has 0 bridgehead atoms. The van der Waals surface area contributed by atoms with Crippen molar-refractivity contribution < 1.29 is 13.2 Å². The lowest BCUT2D eigenvalue weighted by Crippen LogP contribution is -2.20. The number of sulfonamides is 1. The first-order valence-corrected chi connectivity index (χ1v) is 7.42. The van der Waals surface area contributed by atoms with E-state index in [1.165, 1.54) is 19.2 Å². The Balaban J connectivity index is 3.35. The van der Waals surface area contributed by atoms with Crippen molar-refractivity contribution in [2.45, 2.75) is 23.6 Å². The fraction of sp³-hybridized carbons (Fsp3) is 0.364. The zero-order chi connectivity index (χ0) is 13.2. The predicted molar refractivity (Wildman–Crippen MR) is 70.1 cm³/mol. The predicted octanol–water partition coefficient (Wildman–Crippen LogP) is 1.87. The van der Waals surface area contributed by atoms with Crippen molar-refractivity contribution in [3.63, 3.8) is 0 Å². The van der Waals surface area contributed by atoms with Crippen molar-refractivity contribution in [3.05, 3.63) is 29.3 Å². The van der Waals surface area contributed by atoms with Crippen molar-refractivity contribution in [3.8, 4) is 0 Å². The number of nitrogens with one attached hydrogen (secondary N) is 1. The molecule has 6 heteroatoms. The Kier molecular flexibility index (Phi) is 4.46. The quantitative estimate of drug-likeness (QED) is 0.680. The average molecular weight is 320 g/mol. The summed E-state index contributed by atoms with van der Waals surface area (Å²) in [6.45, 7) is 3.49. The van der Waals surface area contributed by atoms with Gasteiger partial charge in [0.05, 0.1) is 9.72 Å². The standard InChI is InChI=1S/C11H14BrNO3S/c1-7-4-5-9(17(15,16)13-3)6-10(7)11(14)8(2)12/h4-6,8,13H,1-3H3. The van der Waals surface area contributed by atoms with Crippen LogP contribution in [0.5, 0.6) is 0 Å². The zero-order valence-corrected chi connectivity index (χ0v) is 12.2. The normalized spacial score (nSPS) is 13.4. The first-order valence-electron chi connectivity index (χ1n) is 5.02. The highest BCUT2D eigenvalue weighted by atomic mass is 79.9. The van der Waals surface area contributed by atoms with E-state index in [0.717, 1.165) is 5.56 Å². The summed E-state index contributed by atoms with van der Waals surface area (Å²) in [6.07, 6.45) is 0. The van der Waals surface area contributed by atoms with Gasteiger partial charge >= 0.3 is 0 Å². The molecule has 1 aromatic carbocycles.